The molecule has 6 nitrogen and oxygen atoms in total. The van der Waals surface area contributed by atoms with Gasteiger partial charge in [0.1, 0.15) is 11.5 Å². The second kappa shape index (κ2) is 9.06. The number of ether oxygens (including phenoxy) is 1. The van der Waals surface area contributed by atoms with Crippen molar-refractivity contribution in [2.75, 3.05) is 31.0 Å². The zero-order valence-electron chi connectivity index (χ0n) is 20.0. The minimum atomic E-state index is -0.789. The third kappa shape index (κ3) is 4.03. The number of hydrogen-bond acceptors (Lipinski definition) is 5. The molecule has 3 aromatic rings. The summed E-state index contributed by atoms with van der Waals surface area (Å²) in [5.74, 6) is -1.24. The number of carbonyl (C=O) groups is 2. The summed E-state index contributed by atoms with van der Waals surface area (Å²) in [6.45, 7) is 3.82. The van der Waals surface area contributed by atoms with Gasteiger partial charge in [-0.05, 0) is 61.4 Å². The maximum absolute atomic E-state index is 13.4. The van der Waals surface area contributed by atoms with Crippen LogP contribution in [0.2, 0.25) is 0 Å². The maximum Gasteiger partial charge on any atom is 0.300 e. The van der Waals surface area contributed by atoms with Crippen LogP contribution in [0.5, 0.6) is 5.75 Å². The summed E-state index contributed by atoms with van der Waals surface area (Å²) in [6, 6.07) is 19.6. The van der Waals surface area contributed by atoms with Crippen molar-refractivity contribution in [2.45, 2.75) is 19.9 Å². The normalized spacial score (nSPS) is 17.2. The van der Waals surface area contributed by atoms with E-state index in [0.29, 0.717) is 17.0 Å². The lowest BCUT2D eigenvalue weighted by Gasteiger charge is -2.26. The van der Waals surface area contributed by atoms with Crippen LogP contribution >= 0.6 is 0 Å². The van der Waals surface area contributed by atoms with E-state index in [1.165, 1.54) is 12.0 Å². The Morgan fingerprint density at radius 1 is 0.941 bits per heavy atom. The highest BCUT2D eigenvalue weighted by Gasteiger charge is 2.47. The number of carbonyl (C=O) groups excluding carboxylic acids is 2. The van der Waals surface area contributed by atoms with Gasteiger partial charge in [-0.2, -0.15) is 0 Å². The molecule has 1 heterocycles. The molecule has 1 aliphatic heterocycles. The Hall–Kier alpha value is -4.06. The van der Waals surface area contributed by atoms with Gasteiger partial charge in [0.05, 0.1) is 24.3 Å². The van der Waals surface area contributed by atoms with Crippen LogP contribution < -0.4 is 14.5 Å². The van der Waals surface area contributed by atoms with Crippen LogP contribution in [0.25, 0.3) is 5.76 Å². The first-order valence-electron chi connectivity index (χ1n) is 11.0. The van der Waals surface area contributed by atoms with Gasteiger partial charge < -0.3 is 14.7 Å². The van der Waals surface area contributed by atoms with Crippen LogP contribution in [0.1, 0.15) is 28.3 Å². The Balaban J connectivity index is 1.97. The molecule has 1 saturated heterocycles. The van der Waals surface area contributed by atoms with Crippen molar-refractivity contribution >= 4 is 28.8 Å². The SMILES string of the molecule is COc1ccc(C)cc1/C(O)=C1\C(=O)C(=O)N(c2cccc(C)c2)C1c1ccc(N(C)C)cc1. The van der Waals surface area contributed by atoms with E-state index in [9.17, 15) is 14.7 Å². The Morgan fingerprint density at radius 3 is 2.24 bits per heavy atom. The highest BCUT2D eigenvalue weighted by Crippen LogP contribution is 2.43. The minimum Gasteiger partial charge on any atom is -0.507 e. The topological polar surface area (TPSA) is 70.1 Å². The van der Waals surface area contributed by atoms with E-state index in [0.717, 1.165) is 22.4 Å². The van der Waals surface area contributed by atoms with Crippen LogP contribution in [-0.2, 0) is 9.59 Å². The highest BCUT2D eigenvalue weighted by atomic mass is 16.5. The van der Waals surface area contributed by atoms with E-state index in [2.05, 4.69) is 0 Å². The summed E-state index contributed by atoms with van der Waals surface area (Å²) in [6.07, 6.45) is 0. The molecule has 1 atom stereocenters. The largest absolute Gasteiger partial charge is 0.507 e. The van der Waals surface area contributed by atoms with E-state index in [1.807, 2.05) is 81.4 Å². The van der Waals surface area contributed by atoms with Gasteiger partial charge in [-0.15, -0.1) is 0 Å². The van der Waals surface area contributed by atoms with Crippen LogP contribution in [0.15, 0.2) is 72.3 Å². The van der Waals surface area contributed by atoms with Gasteiger partial charge in [0, 0.05) is 25.5 Å². The summed E-state index contributed by atoms with van der Waals surface area (Å²) in [7, 11) is 5.39. The number of methoxy groups -OCH3 is 1. The number of aliphatic hydroxyl groups excluding tert-OH is 1. The molecule has 3 aromatic carbocycles. The molecular formula is C28H28N2O4. The number of aryl methyl sites for hydroxylation is 2. The van der Waals surface area contributed by atoms with Gasteiger partial charge in [-0.1, -0.05) is 35.9 Å². The molecule has 6 heteroatoms. The number of rotatable bonds is 5. The Bertz CT molecular complexity index is 1290. The van der Waals surface area contributed by atoms with Crippen molar-refractivity contribution in [2.24, 2.45) is 0 Å². The Labute approximate surface area is 199 Å². The number of anilines is 2. The molecular weight excluding hydrogens is 428 g/mol. The van der Waals surface area contributed by atoms with Crippen molar-refractivity contribution in [3.05, 3.63) is 94.6 Å². The molecule has 1 amide bonds. The summed E-state index contributed by atoms with van der Waals surface area (Å²) in [5.41, 5.74) is 4.56. The molecule has 0 aliphatic carbocycles. The first kappa shape index (κ1) is 23.1. The first-order chi connectivity index (χ1) is 16.2. The lowest BCUT2D eigenvalue weighted by Crippen LogP contribution is -2.29. The van der Waals surface area contributed by atoms with Gasteiger partial charge in [0.25, 0.3) is 11.7 Å². The van der Waals surface area contributed by atoms with Crippen LogP contribution in [0, 0.1) is 13.8 Å². The molecule has 0 radical (unpaired) electrons. The highest BCUT2D eigenvalue weighted by molar-refractivity contribution is 6.51. The van der Waals surface area contributed by atoms with Crippen molar-refractivity contribution in [1.82, 2.24) is 0 Å². The van der Waals surface area contributed by atoms with E-state index in [1.54, 1.807) is 18.2 Å². The number of aliphatic hydroxyl groups is 1. The van der Waals surface area contributed by atoms with E-state index in [-0.39, 0.29) is 11.3 Å². The fourth-order valence-electron chi connectivity index (χ4n) is 4.30. The molecule has 174 valence electrons. The van der Waals surface area contributed by atoms with Crippen molar-refractivity contribution in [1.29, 1.82) is 0 Å². The zero-order valence-corrected chi connectivity index (χ0v) is 20.0. The average Bonchev–Trinajstić information content (AvgIpc) is 3.09. The lowest BCUT2D eigenvalue weighted by atomic mass is 9.94. The molecule has 0 bridgehead atoms. The van der Waals surface area contributed by atoms with E-state index >= 15 is 0 Å². The Morgan fingerprint density at radius 2 is 1.62 bits per heavy atom. The van der Waals surface area contributed by atoms with Crippen LogP contribution in [0.4, 0.5) is 11.4 Å². The molecule has 34 heavy (non-hydrogen) atoms. The predicted molar refractivity (Wildman–Crippen MR) is 134 cm³/mol. The quantitative estimate of drug-likeness (QED) is 0.332. The van der Waals surface area contributed by atoms with Crippen molar-refractivity contribution in [3.8, 4) is 5.75 Å². The molecule has 1 aliphatic rings. The molecule has 1 fully saturated rings. The number of ketones is 1. The summed E-state index contributed by atoms with van der Waals surface area (Å²) in [5, 5.41) is 11.4. The third-order valence-electron chi connectivity index (χ3n) is 6.06. The lowest BCUT2D eigenvalue weighted by molar-refractivity contribution is -0.132. The molecule has 1 N–H and O–H groups in total. The van der Waals surface area contributed by atoms with Gasteiger partial charge in [-0.25, -0.2) is 0 Å². The number of nitrogens with zero attached hydrogens (tertiary/aromatic N) is 2. The number of benzene rings is 3. The van der Waals surface area contributed by atoms with Gasteiger partial charge in [0.15, 0.2) is 0 Å². The summed E-state index contributed by atoms with van der Waals surface area (Å²) >= 11 is 0. The standard InChI is InChI=1S/C28H28N2O4/c1-17-7-6-8-21(15-17)30-25(19-10-12-20(13-11-19)29(3)4)24(27(32)28(30)33)26(31)22-16-18(2)9-14-23(22)34-5/h6-16,25,31H,1-5H3/b26-24+. The first-order valence-corrected chi connectivity index (χ1v) is 11.0. The van der Waals surface area contributed by atoms with Crippen LogP contribution in [-0.4, -0.2) is 38.0 Å². The fraction of sp³-hybridized carbons (Fsp3) is 0.214. The van der Waals surface area contributed by atoms with Gasteiger partial charge in [0.2, 0.25) is 0 Å². The van der Waals surface area contributed by atoms with E-state index in [4.69, 9.17) is 4.74 Å². The number of Topliss-reactive ketones (excluding diaryl/α,β-unsaturated/α-hetero) is 1. The molecule has 1 unspecified atom stereocenters. The summed E-state index contributed by atoms with van der Waals surface area (Å²) in [4.78, 5) is 30.1. The van der Waals surface area contributed by atoms with E-state index < -0.39 is 17.7 Å². The van der Waals surface area contributed by atoms with Gasteiger partial charge in [-0.3, -0.25) is 14.5 Å². The van der Waals surface area contributed by atoms with Crippen molar-refractivity contribution < 1.29 is 19.4 Å². The Kier molecular flexibility index (Phi) is 6.16. The maximum atomic E-state index is 13.4. The second-order valence-electron chi connectivity index (χ2n) is 8.70. The molecule has 0 spiro atoms. The number of amides is 1. The fourth-order valence-corrected chi connectivity index (χ4v) is 4.30. The minimum absolute atomic E-state index is 0.0352. The van der Waals surface area contributed by atoms with Crippen LogP contribution in [0.3, 0.4) is 0 Å². The molecule has 0 aromatic heterocycles. The molecule has 0 saturated carbocycles. The number of hydrogen-bond donors (Lipinski definition) is 1. The average molecular weight is 457 g/mol. The smallest absolute Gasteiger partial charge is 0.300 e. The zero-order chi connectivity index (χ0) is 24.6. The third-order valence-corrected chi connectivity index (χ3v) is 6.06. The van der Waals surface area contributed by atoms with Crippen molar-refractivity contribution in [3.63, 3.8) is 0 Å². The summed E-state index contributed by atoms with van der Waals surface area (Å²) < 4.78 is 5.44. The monoisotopic (exact) mass is 456 g/mol. The van der Waals surface area contributed by atoms with Gasteiger partial charge >= 0.3 is 0 Å². The predicted octanol–water partition coefficient (Wildman–Crippen LogP) is 5.00. The molecule has 4 rings (SSSR count). The second-order valence-corrected chi connectivity index (χ2v) is 8.70.